The second kappa shape index (κ2) is 8.54. The summed E-state index contributed by atoms with van der Waals surface area (Å²) in [5.74, 6) is 0.488. The molecule has 1 aromatic heterocycles. The highest BCUT2D eigenvalue weighted by Gasteiger charge is 2.28. The second-order valence-corrected chi connectivity index (χ2v) is 8.18. The van der Waals surface area contributed by atoms with Crippen molar-refractivity contribution in [2.24, 2.45) is 10.1 Å². The fraction of sp³-hybridized carbons (Fsp3) is 0.308. The van der Waals surface area contributed by atoms with Crippen molar-refractivity contribution in [3.63, 3.8) is 0 Å². The maximum absolute atomic E-state index is 12.9. The molecule has 0 N–H and O–H groups in total. The number of hydrogen-bond donors (Lipinski definition) is 0. The van der Waals surface area contributed by atoms with Gasteiger partial charge in [-0.05, 0) is 71.4 Å². The van der Waals surface area contributed by atoms with Crippen LogP contribution in [0.5, 0.6) is 0 Å². The lowest BCUT2D eigenvalue weighted by molar-refractivity contribution is 0.779. The van der Waals surface area contributed by atoms with Gasteiger partial charge in [-0.2, -0.15) is 9.78 Å². The van der Waals surface area contributed by atoms with E-state index in [0.717, 1.165) is 35.5 Å². The third kappa shape index (κ3) is 3.77. The maximum Gasteiger partial charge on any atom is 0.277 e. The lowest BCUT2D eigenvalue weighted by Crippen LogP contribution is -2.24. The predicted octanol–water partition coefficient (Wildman–Crippen LogP) is 4.71. The standard InChI is InChI=1S/C26H29N5O/c1-7-30(8-2)21-12-13-22(17(4)15-21)28-24-23(20-11-9-10-16(3)14-20)29-31-25(24)27-19(6)18(5)26(31)32/h9-15H,7-8H2,1-6H3. The van der Waals surface area contributed by atoms with Crippen molar-refractivity contribution >= 4 is 22.8 Å². The molecule has 0 bridgehead atoms. The molecule has 0 saturated carbocycles. The average Bonchev–Trinajstić information content (AvgIpc) is 3.13. The summed E-state index contributed by atoms with van der Waals surface area (Å²) in [4.78, 5) is 24.9. The van der Waals surface area contributed by atoms with E-state index in [1.165, 1.54) is 10.4 Å². The third-order valence-corrected chi connectivity index (χ3v) is 6.00. The van der Waals surface area contributed by atoms with Crippen LogP contribution in [0.15, 0.2) is 57.4 Å². The van der Waals surface area contributed by atoms with Gasteiger partial charge in [0.1, 0.15) is 11.4 Å². The molecule has 6 heteroatoms. The van der Waals surface area contributed by atoms with Crippen LogP contribution in [0, 0.1) is 27.7 Å². The Morgan fingerprint density at radius 3 is 2.41 bits per heavy atom. The van der Waals surface area contributed by atoms with Crippen LogP contribution in [0.2, 0.25) is 0 Å². The molecular weight excluding hydrogens is 398 g/mol. The Bertz CT molecular complexity index is 1310. The Hall–Kier alpha value is -3.54. The monoisotopic (exact) mass is 427 g/mol. The molecule has 0 aliphatic carbocycles. The normalized spacial score (nSPS) is 13.9. The third-order valence-electron chi connectivity index (χ3n) is 6.00. The van der Waals surface area contributed by atoms with Gasteiger partial charge in [-0.3, -0.25) is 4.79 Å². The molecule has 164 valence electrons. The van der Waals surface area contributed by atoms with Crippen LogP contribution in [0.25, 0.3) is 0 Å². The maximum atomic E-state index is 12.9. The van der Waals surface area contributed by atoms with Gasteiger partial charge in [0, 0.05) is 35.6 Å². The van der Waals surface area contributed by atoms with E-state index in [1.807, 2.05) is 38.1 Å². The van der Waals surface area contributed by atoms with Crippen molar-refractivity contribution in [1.82, 2.24) is 9.66 Å². The van der Waals surface area contributed by atoms with E-state index in [-0.39, 0.29) is 5.56 Å². The van der Waals surface area contributed by atoms with Gasteiger partial charge < -0.3 is 4.90 Å². The van der Waals surface area contributed by atoms with Gasteiger partial charge >= 0.3 is 0 Å². The zero-order valence-corrected chi connectivity index (χ0v) is 19.6. The molecule has 4 rings (SSSR count). The summed E-state index contributed by atoms with van der Waals surface area (Å²) in [5, 5.41) is 4.66. The lowest BCUT2D eigenvalue weighted by Gasteiger charge is -2.21. The van der Waals surface area contributed by atoms with E-state index in [4.69, 9.17) is 9.98 Å². The Morgan fingerprint density at radius 2 is 1.75 bits per heavy atom. The number of aromatic nitrogens is 2. The zero-order valence-electron chi connectivity index (χ0n) is 19.6. The summed E-state index contributed by atoms with van der Waals surface area (Å²) < 4.78 is 1.39. The summed E-state index contributed by atoms with van der Waals surface area (Å²) in [7, 11) is 0. The van der Waals surface area contributed by atoms with Crippen LogP contribution in [0.4, 0.5) is 11.4 Å². The first-order valence-electron chi connectivity index (χ1n) is 11.0. The van der Waals surface area contributed by atoms with Crippen LogP contribution in [0.1, 0.15) is 47.6 Å². The molecule has 0 unspecified atom stereocenters. The van der Waals surface area contributed by atoms with Crippen LogP contribution < -0.4 is 10.5 Å². The molecule has 0 spiro atoms. The van der Waals surface area contributed by atoms with Gasteiger partial charge in [0.2, 0.25) is 0 Å². The average molecular weight is 428 g/mol. The van der Waals surface area contributed by atoms with Crippen LogP contribution in [0.3, 0.4) is 0 Å². The zero-order chi connectivity index (χ0) is 23.0. The fourth-order valence-electron chi connectivity index (χ4n) is 3.96. The van der Waals surface area contributed by atoms with Crippen molar-refractivity contribution in [3.8, 4) is 0 Å². The van der Waals surface area contributed by atoms with E-state index in [9.17, 15) is 4.79 Å². The van der Waals surface area contributed by atoms with Crippen LogP contribution in [-0.2, 0) is 0 Å². The number of nitrogens with zero attached hydrogens (tertiary/aromatic N) is 5. The van der Waals surface area contributed by atoms with Gasteiger partial charge in [-0.15, -0.1) is 0 Å². The van der Waals surface area contributed by atoms with E-state index < -0.39 is 0 Å². The Labute approximate surface area is 189 Å². The molecule has 1 aliphatic heterocycles. The van der Waals surface area contributed by atoms with E-state index in [2.05, 4.69) is 49.0 Å². The molecule has 1 aliphatic rings. The van der Waals surface area contributed by atoms with Crippen LogP contribution >= 0.6 is 0 Å². The number of anilines is 1. The Balaban J connectivity index is 1.90. The highest BCUT2D eigenvalue weighted by molar-refractivity contribution is 6.54. The largest absolute Gasteiger partial charge is 0.372 e. The number of benzene rings is 2. The van der Waals surface area contributed by atoms with Crippen LogP contribution in [-0.4, -0.2) is 34.2 Å². The van der Waals surface area contributed by atoms with Crippen molar-refractivity contribution in [3.05, 3.63) is 86.6 Å². The van der Waals surface area contributed by atoms with Crippen molar-refractivity contribution in [2.75, 3.05) is 18.0 Å². The molecule has 0 fully saturated rings. The summed E-state index contributed by atoms with van der Waals surface area (Å²) >= 11 is 0. The summed E-state index contributed by atoms with van der Waals surface area (Å²) in [6.07, 6.45) is 0. The van der Waals surface area contributed by atoms with E-state index in [1.54, 1.807) is 6.92 Å². The molecule has 3 aromatic rings. The SMILES string of the molecule is CCN(CC)c1ccc(N=C2C(c3cccc(C)c3)=Nn3c2nc(C)c(C)c3=O)c(C)c1. The molecule has 6 nitrogen and oxygen atoms in total. The molecule has 0 radical (unpaired) electrons. The summed E-state index contributed by atoms with van der Waals surface area (Å²) in [6.45, 7) is 13.9. The summed E-state index contributed by atoms with van der Waals surface area (Å²) in [6, 6.07) is 14.4. The minimum Gasteiger partial charge on any atom is -0.372 e. The van der Waals surface area contributed by atoms with Gasteiger partial charge in [0.05, 0.1) is 5.69 Å². The van der Waals surface area contributed by atoms with E-state index >= 15 is 0 Å². The first-order valence-corrected chi connectivity index (χ1v) is 11.0. The smallest absolute Gasteiger partial charge is 0.277 e. The molecule has 2 aromatic carbocycles. The number of fused-ring (bicyclic) bond motifs is 1. The second-order valence-electron chi connectivity index (χ2n) is 8.18. The minimum atomic E-state index is -0.156. The Kier molecular flexibility index (Phi) is 5.78. The number of rotatable bonds is 5. The molecule has 0 saturated heterocycles. The lowest BCUT2D eigenvalue weighted by atomic mass is 10.0. The Morgan fingerprint density at radius 1 is 1.00 bits per heavy atom. The number of aryl methyl sites for hydroxylation is 3. The number of hydrogen-bond acceptors (Lipinski definition) is 5. The fourth-order valence-corrected chi connectivity index (χ4v) is 3.96. The highest BCUT2D eigenvalue weighted by Crippen LogP contribution is 2.27. The quantitative estimate of drug-likeness (QED) is 0.592. The van der Waals surface area contributed by atoms with Crippen molar-refractivity contribution < 1.29 is 0 Å². The highest BCUT2D eigenvalue weighted by atomic mass is 16.1. The molecular formula is C26H29N5O. The van der Waals surface area contributed by atoms with Gasteiger partial charge in [-0.1, -0.05) is 23.8 Å². The van der Waals surface area contributed by atoms with Crippen molar-refractivity contribution in [1.29, 1.82) is 0 Å². The van der Waals surface area contributed by atoms with E-state index in [0.29, 0.717) is 28.5 Å². The van der Waals surface area contributed by atoms with Gasteiger partial charge in [-0.25, -0.2) is 9.98 Å². The van der Waals surface area contributed by atoms with Crippen molar-refractivity contribution in [2.45, 2.75) is 41.5 Å². The molecule has 32 heavy (non-hydrogen) atoms. The van der Waals surface area contributed by atoms with Gasteiger partial charge in [0.25, 0.3) is 5.56 Å². The van der Waals surface area contributed by atoms with Gasteiger partial charge in [0.15, 0.2) is 5.82 Å². The minimum absolute atomic E-state index is 0.156. The first-order chi connectivity index (χ1) is 15.3. The number of aliphatic imine (C=N–C) groups is 1. The first kappa shape index (κ1) is 21.7. The predicted molar refractivity (Wildman–Crippen MR) is 132 cm³/mol. The molecule has 0 atom stereocenters. The molecule has 0 amide bonds. The topological polar surface area (TPSA) is 62.9 Å². The molecule has 2 heterocycles. The summed E-state index contributed by atoms with van der Waals surface area (Å²) in [5.41, 5.74) is 7.55.